The van der Waals surface area contributed by atoms with Crippen LogP contribution in [-0.2, 0) is 13.0 Å². The lowest BCUT2D eigenvalue weighted by atomic mass is 10.1. The van der Waals surface area contributed by atoms with Crippen LogP contribution in [0.1, 0.15) is 17.1 Å². The van der Waals surface area contributed by atoms with Crippen LogP contribution in [-0.4, -0.2) is 39.7 Å². The van der Waals surface area contributed by atoms with Gasteiger partial charge in [-0.2, -0.15) is 5.10 Å². The fraction of sp³-hybridized carbons (Fsp3) is 0.0714. The second kappa shape index (κ2) is 9.16. The molecule has 0 atom stereocenters. The minimum Gasteiger partial charge on any atom is -0.383 e. The van der Waals surface area contributed by atoms with Crippen molar-refractivity contribution >= 4 is 39.2 Å². The van der Waals surface area contributed by atoms with Crippen LogP contribution >= 0.6 is 11.3 Å². The van der Waals surface area contributed by atoms with Crippen molar-refractivity contribution < 1.29 is 0 Å². The van der Waals surface area contributed by atoms with Gasteiger partial charge in [-0.15, -0.1) is 11.3 Å². The highest BCUT2D eigenvalue weighted by atomic mass is 32.1. The van der Waals surface area contributed by atoms with E-state index in [-0.39, 0.29) is 0 Å². The number of aromatic nitrogens is 8. The van der Waals surface area contributed by atoms with Crippen LogP contribution in [0, 0.1) is 0 Å². The zero-order valence-corrected chi connectivity index (χ0v) is 20.9. The number of nitrogens with one attached hydrogen (secondary N) is 1. The summed E-state index contributed by atoms with van der Waals surface area (Å²) >= 11 is 1.58. The lowest BCUT2D eigenvalue weighted by Gasteiger charge is -2.00. The largest absolute Gasteiger partial charge is 0.383 e. The number of imidazole rings is 1. The van der Waals surface area contributed by atoms with Gasteiger partial charge in [-0.3, -0.25) is 4.98 Å². The molecule has 0 saturated carbocycles. The molecule has 3 N–H and O–H groups in total. The second-order valence-electron chi connectivity index (χ2n) is 8.93. The fourth-order valence-electron chi connectivity index (χ4n) is 4.58. The van der Waals surface area contributed by atoms with Crippen molar-refractivity contribution in [1.29, 1.82) is 0 Å². The molecule has 0 radical (unpaired) electrons. The summed E-state index contributed by atoms with van der Waals surface area (Å²) in [5, 5.41) is 8.60. The molecule has 0 spiro atoms. The Balaban J connectivity index is 1.25. The minimum atomic E-state index is 0.389. The van der Waals surface area contributed by atoms with E-state index in [9.17, 15) is 0 Å². The molecule has 5 heterocycles. The van der Waals surface area contributed by atoms with Gasteiger partial charge in [-0.1, -0.05) is 36.4 Å². The Bertz CT molecular complexity index is 1890. The van der Waals surface area contributed by atoms with Gasteiger partial charge in [0.05, 0.1) is 28.7 Å². The number of fused-ring (bicyclic) bond motifs is 2. The number of H-pyrrole nitrogens is 1. The van der Waals surface area contributed by atoms with Gasteiger partial charge in [-0.05, 0) is 29.8 Å². The zero-order chi connectivity index (χ0) is 25.5. The van der Waals surface area contributed by atoms with E-state index in [0.717, 1.165) is 56.2 Å². The number of pyridine rings is 1. The SMILES string of the molecule is Nc1ncnc2c1c(-c1ccc3nc(Cc4ccccc4)[nH]c3c1)nn2Cc1csc(-c2cccnc2)n1. The van der Waals surface area contributed by atoms with Crippen molar-refractivity contribution in [2.75, 3.05) is 5.73 Å². The number of aromatic amines is 1. The molecule has 0 aliphatic heterocycles. The summed E-state index contributed by atoms with van der Waals surface area (Å²) in [5.41, 5.74) is 13.6. The molecule has 38 heavy (non-hydrogen) atoms. The van der Waals surface area contributed by atoms with Gasteiger partial charge in [0.2, 0.25) is 0 Å². The maximum Gasteiger partial charge on any atom is 0.164 e. The third-order valence-corrected chi connectivity index (χ3v) is 7.29. The predicted octanol–water partition coefficient (Wildman–Crippen LogP) is 5.11. The number of hydrogen-bond donors (Lipinski definition) is 2. The topological polar surface area (TPSA) is 124 Å². The fourth-order valence-corrected chi connectivity index (χ4v) is 5.38. The van der Waals surface area contributed by atoms with Gasteiger partial charge >= 0.3 is 0 Å². The van der Waals surface area contributed by atoms with Crippen LogP contribution in [0.25, 0.3) is 43.9 Å². The van der Waals surface area contributed by atoms with Crippen LogP contribution < -0.4 is 5.73 Å². The highest BCUT2D eigenvalue weighted by molar-refractivity contribution is 7.13. The van der Waals surface area contributed by atoms with E-state index in [2.05, 4.69) is 38.1 Å². The van der Waals surface area contributed by atoms with Crippen molar-refractivity contribution in [3.8, 4) is 21.8 Å². The van der Waals surface area contributed by atoms with E-state index in [1.54, 1.807) is 17.5 Å². The number of nitrogen functional groups attached to an aromatic ring is 1. The number of hydrogen-bond acceptors (Lipinski definition) is 8. The molecule has 184 valence electrons. The molecule has 0 unspecified atom stereocenters. The monoisotopic (exact) mass is 515 g/mol. The molecule has 0 fully saturated rings. The number of anilines is 1. The van der Waals surface area contributed by atoms with Crippen molar-refractivity contribution in [1.82, 2.24) is 39.7 Å². The summed E-state index contributed by atoms with van der Waals surface area (Å²) in [6.07, 6.45) is 5.77. The summed E-state index contributed by atoms with van der Waals surface area (Å²) in [4.78, 5) is 26.0. The summed E-state index contributed by atoms with van der Waals surface area (Å²) in [6.45, 7) is 0.456. The number of thiazole rings is 1. The Morgan fingerprint density at radius 1 is 0.947 bits per heavy atom. The molecule has 0 aliphatic rings. The summed E-state index contributed by atoms with van der Waals surface area (Å²) < 4.78 is 1.84. The quantitative estimate of drug-likeness (QED) is 0.315. The average Bonchev–Trinajstić information content (AvgIpc) is 3.67. The van der Waals surface area contributed by atoms with Crippen molar-refractivity contribution in [2.45, 2.75) is 13.0 Å². The highest BCUT2D eigenvalue weighted by Gasteiger charge is 2.19. The van der Waals surface area contributed by atoms with Gasteiger partial charge in [0, 0.05) is 35.3 Å². The normalized spacial score (nSPS) is 11.5. The standard InChI is InChI=1S/C28H21N9S/c29-26-24-25(18-8-9-21-22(12-18)35-23(34-21)11-17-5-2-1-3-6-17)36-37(27(24)32-16-31-26)14-20-15-38-28(33-20)19-7-4-10-30-13-19/h1-10,12-13,15-16H,11,14H2,(H,34,35)(H2,29,31,32). The van der Waals surface area contributed by atoms with Crippen LogP contribution in [0.2, 0.25) is 0 Å². The van der Waals surface area contributed by atoms with E-state index in [4.69, 9.17) is 20.8 Å². The molecule has 0 saturated heterocycles. The molecule has 7 aromatic rings. The van der Waals surface area contributed by atoms with E-state index < -0.39 is 0 Å². The Kier molecular flexibility index (Phi) is 5.37. The molecule has 2 aromatic carbocycles. The van der Waals surface area contributed by atoms with E-state index in [1.807, 2.05) is 58.7 Å². The van der Waals surface area contributed by atoms with Crippen LogP contribution in [0.3, 0.4) is 0 Å². The van der Waals surface area contributed by atoms with E-state index >= 15 is 0 Å². The summed E-state index contributed by atoms with van der Waals surface area (Å²) in [7, 11) is 0. The summed E-state index contributed by atoms with van der Waals surface area (Å²) in [5.74, 6) is 1.30. The molecule has 0 bridgehead atoms. The van der Waals surface area contributed by atoms with Gasteiger partial charge in [-0.25, -0.2) is 24.6 Å². The summed E-state index contributed by atoms with van der Waals surface area (Å²) in [6, 6.07) is 20.3. The smallest absolute Gasteiger partial charge is 0.164 e. The van der Waals surface area contributed by atoms with Crippen molar-refractivity contribution in [2.24, 2.45) is 0 Å². The third-order valence-electron chi connectivity index (χ3n) is 6.35. The van der Waals surface area contributed by atoms with Gasteiger partial charge in [0.25, 0.3) is 0 Å². The average molecular weight is 516 g/mol. The molecule has 0 amide bonds. The first-order valence-electron chi connectivity index (χ1n) is 12.1. The molecule has 5 aromatic heterocycles. The lowest BCUT2D eigenvalue weighted by Crippen LogP contribution is -2.03. The lowest BCUT2D eigenvalue weighted by molar-refractivity contribution is 0.695. The maximum atomic E-state index is 6.34. The zero-order valence-electron chi connectivity index (χ0n) is 20.1. The van der Waals surface area contributed by atoms with E-state index in [0.29, 0.717) is 18.0 Å². The second-order valence-corrected chi connectivity index (χ2v) is 9.79. The first kappa shape index (κ1) is 22.3. The van der Waals surface area contributed by atoms with Crippen molar-refractivity contribution in [3.63, 3.8) is 0 Å². The van der Waals surface area contributed by atoms with Gasteiger partial charge in [0.15, 0.2) is 5.65 Å². The van der Waals surface area contributed by atoms with E-state index in [1.165, 1.54) is 11.9 Å². The van der Waals surface area contributed by atoms with Crippen LogP contribution in [0.4, 0.5) is 5.82 Å². The Morgan fingerprint density at radius 2 is 1.87 bits per heavy atom. The predicted molar refractivity (Wildman–Crippen MR) is 149 cm³/mol. The molecule has 9 nitrogen and oxygen atoms in total. The minimum absolute atomic E-state index is 0.389. The molecule has 10 heteroatoms. The molecule has 7 rings (SSSR count). The number of rotatable bonds is 6. The maximum absolute atomic E-state index is 6.34. The van der Waals surface area contributed by atoms with Gasteiger partial charge in [0.1, 0.15) is 28.7 Å². The Morgan fingerprint density at radius 3 is 2.74 bits per heavy atom. The first-order chi connectivity index (χ1) is 18.7. The number of benzene rings is 2. The third kappa shape index (κ3) is 4.06. The highest BCUT2D eigenvalue weighted by Crippen LogP contribution is 2.32. The van der Waals surface area contributed by atoms with Crippen LogP contribution in [0.5, 0.6) is 0 Å². The molecular weight excluding hydrogens is 494 g/mol. The molecular formula is C28H21N9S. The van der Waals surface area contributed by atoms with Crippen molar-refractivity contribution in [3.05, 3.63) is 102 Å². The Labute approximate surface area is 221 Å². The number of nitrogens with zero attached hydrogens (tertiary/aromatic N) is 7. The first-order valence-corrected chi connectivity index (χ1v) is 12.9. The van der Waals surface area contributed by atoms with Crippen LogP contribution in [0.15, 0.2) is 84.8 Å². The Hall–Kier alpha value is -4.96. The number of nitrogens with two attached hydrogens (primary N) is 1. The molecule has 0 aliphatic carbocycles. The van der Waals surface area contributed by atoms with Gasteiger partial charge < -0.3 is 10.7 Å².